The molecule has 0 atom stereocenters. The highest BCUT2D eigenvalue weighted by molar-refractivity contribution is 7.09. The summed E-state index contributed by atoms with van der Waals surface area (Å²) in [5.74, 6) is 1.36. The number of rotatable bonds is 6. The van der Waals surface area contributed by atoms with Crippen LogP contribution >= 0.6 is 11.3 Å². The van der Waals surface area contributed by atoms with Gasteiger partial charge in [0.1, 0.15) is 18.1 Å². The van der Waals surface area contributed by atoms with Crippen LogP contribution in [0.4, 0.5) is 0 Å². The second-order valence-corrected chi connectivity index (χ2v) is 8.73. The lowest BCUT2D eigenvalue weighted by molar-refractivity contribution is 0.0617. The molecule has 4 rings (SSSR count). The van der Waals surface area contributed by atoms with Crippen molar-refractivity contribution in [2.75, 3.05) is 26.2 Å². The summed E-state index contributed by atoms with van der Waals surface area (Å²) >= 11 is 1.77. The first-order chi connectivity index (χ1) is 14.5. The normalized spacial score (nSPS) is 14.8. The van der Waals surface area contributed by atoms with E-state index in [2.05, 4.69) is 40.6 Å². The number of carbonyl (C=O) groups is 1. The highest BCUT2D eigenvalue weighted by Crippen LogP contribution is 2.24. The van der Waals surface area contributed by atoms with E-state index in [9.17, 15) is 4.79 Å². The third-order valence-corrected chi connectivity index (χ3v) is 6.59. The number of aromatic nitrogens is 1. The number of ether oxygens (including phenoxy) is 1. The van der Waals surface area contributed by atoms with Crippen LogP contribution in [0, 0.1) is 20.8 Å². The minimum atomic E-state index is -0.0813. The number of carbonyl (C=O) groups excluding carboxylic acids is 1. The summed E-state index contributed by atoms with van der Waals surface area (Å²) < 4.78 is 11.4. The molecular formula is C23H27N3O3S. The Balaban J connectivity index is 1.40. The number of thiophene rings is 1. The topological polar surface area (TPSA) is 58.8 Å². The molecule has 1 aliphatic heterocycles. The molecule has 0 saturated carbocycles. The van der Waals surface area contributed by atoms with Crippen molar-refractivity contribution in [2.24, 2.45) is 0 Å². The standard InChI is InChI=1S/C23H27N3O3S/c1-16-6-4-8-21(17(16)2)28-15-20-18(3)29-24-22(20)23(27)26-11-9-25(10-12-26)14-19-7-5-13-30-19/h4-8,13H,9-12,14-15H2,1-3H3. The quantitative estimate of drug-likeness (QED) is 0.592. The fourth-order valence-corrected chi connectivity index (χ4v) is 4.39. The number of hydrogen-bond donors (Lipinski definition) is 0. The summed E-state index contributed by atoms with van der Waals surface area (Å²) in [6, 6.07) is 10.2. The van der Waals surface area contributed by atoms with Crippen molar-refractivity contribution in [3.63, 3.8) is 0 Å². The molecule has 30 heavy (non-hydrogen) atoms. The Morgan fingerprint density at radius 1 is 1.13 bits per heavy atom. The molecule has 3 heterocycles. The van der Waals surface area contributed by atoms with Gasteiger partial charge in [-0.25, -0.2) is 0 Å². The molecule has 158 valence electrons. The van der Waals surface area contributed by atoms with E-state index in [4.69, 9.17) is 9.26 Å². The summed E-state index contributed by atoms with van der Waals surface area (Å²) in [6.45, 7) is 10.2. The van der Waals surface area contributed by atoms with Gasteiger partial charge < -0.3 is 14.2 Å². The maximum Gasteiger partial charge on any atom is 0.276 e. The van der Waals surface area contributed by atoms with Crippen molar-refractivity contribution >= 4 is 17.2 Å². The SMILES string of the molecule is Cc1cccc(OCc2c(C(=O)N3CCN(Cc4cccs4)CC3)noc2C)c1C. The Kier molecular flexibility index (Phi) is 6.20. The molecule has 0 bridgehead atoms. The highest BCUT2D eigenvalue weighted by atomic mass is 32.1. The van der Waals surface area contributed by atoms with E-state index in [1.54, 1.807) is 11.3 Å². The number of amides is 1. The number of piperazine rings is 1. The molecule has 0 spiro atoms. The maximum absolute atomic E-state index is 13.1. The van der Waals surface area contributed by atoms with Gasteiger partial charge in [0.2, 0.25) is 0 Å². The Morgan fingerprint density at radius 3 is 2.67 bits per heavy atom. The smallest absolute Gasteiger partial charge is 0.276 e. The molecule has 1 fully saturated rings. The average molecular weight is 426 g/mol. The van der Waals surface area contributed by atoms with Crippen molar-refractivity contribution in [2.45, 2.75) is 33.9 Å². The summed E-state index contributed by atoms with van der Waals surface area (Å²) in [5, 5.41) is 6.17. The Morgan fingerprint density at radius 2 is 1.93 bits per heavy atom. The van der Waals surface area contributed by atoms with E-state index < -0.39 is 0 Å². The van der Waals surface area contributed by atoms with Crippen molar-refractivity contribution in [3.05, 3.63) is 68.7 Å². The van der Waals surface area contributed by atoms with Crippen molar-refractivity contribution in [3.8, 4) is 5.75 Å². The van der Waals surface area contributed by atoms with Crippen LogP contribution < -0.4 is 4.74 Å². The number of aryl methyl sites for hydroxylation is 2. The third-order valence-electron chi connectivity index (χ3n) is 5.73. The Labute approximate surface area is 181 Å². The first-order valence-corrected chi connectivity index (χ1v) is 11.1. The van der Waals surface area contributed by atoms with E-state index in [0.29, 0.717) is 24.5 Å². The van der Waals surface area contributed by atoms with Crippen LogP contribution in [0.3, 0.4) is 0 Å². The molecule has 0 unspecified atom stereocenters. The second kappa shape index (κ2) is 9.02. The fraction of sp³-hybridized carbons (Fsp3) is 0.391. The van der Waals surface area contributed by atoms with Gasteiger partial charge in [0.15, 0.2) is 5.69 Å². The molecule has 1 saturated heterocycles. The van der Waals surface area contributed by atoms with Crippen LogP contribution in [0.25, 0.3) is 0 Å². The predicted octanol–water partition coefficient (Wildman–Crippen LogP) is 4.20. The second-order valence-electron chi connectivity index (χ2n) is 7.70. The lowest BCUT2D eigenvalue weighted by Gasteiger charge is -2.34. The van der Waals surface area contributed by atoms with Gasteiger partial charge in [-0.15, -0.1) is 11.3 Å². The maximum atomic E-state index is 13.1. The minimum absolute atomic E-state index is 0.0813. The molecule has 0 radical (unpaired) electrons. The van der Waals surface area contributed by atoms with Gasteiger partial charge in [-0.05, 0) is 49.4 Å². The van der Waals surface area contributed by atoms with Gasteiger partial charge in [-0.3, -0.25) is 9.69 Å². The zero-order chi connectivity index (χ0) is 21.1. The summed E-state index contributed by atoms with van der Waals surface area (Å²) in [7, 11) is 0. The summed E-state index contributed by atoms with van der Waals surface area (Å²) in [4.78, 5) is 18.7. The van der Waals surface area contributed by atoms with E-state index in [1.807, 2.05) is 30.9 Å². The Bertz CT molecular complexity index is 1000. The molecule has 3 aromatic rings. The Hall–Kier alpha value is -2.64. The zero-order valence-electron chi connectivity index (χ0n) is 17.7. The summed E-state index contributed by atoms with van der Waals surface area (Å²) in [5.41, 5.74) is 3.36. The molecule has 7 heteroatoms. The lowest BCUT2D eigenvalue weighted by atomic mass is 10.1. The molecular weight excluding hydrogens is 398 g/mol. The molecule has 0 aliphatic carbocycles. The van der Waals surface area contributed by atoms with Crippen molar-refractivity contribution in [1.29, 1.82) is 0 Å². The molecule has 1 amide bonds. The van der Waals surface area contributed by atoms with Crippen LogP contribution in [-0.4, -0.2) is 47.0 Å². The molecule has 0 N–H and O–H groups in total. The molecule has 1 aliphatic rings. The van der Waals surface area contributed by atoms with Gasteiger partial charge in [-0.2, -0.15) is 0 Å². The number of benzene rings is 1. The van der Waals surface area contributed by atoms with E-state index in [0.717, 1.165) is 36.5 Å². The van der Waals surface area contributed by atoms with E-state index in [-0.39, 0.29) is 12.5 Å². The minimum Gasteiger partial charge on any atom is -0.488 e. The average Bonchev–Trinajstić information content (AvgIpc) is 3.39. The van der Waals surface area contributed by atoms with Gasteiger partial charge in [0.25, 0.3) is 5.91 Å². The van der Waals surface area contributed by atoms with E-state index in [1.165, 1.54) is 10.4 Å². The van der Waals surface area contributed by atoms with Gasteiger partial charge >= 0.3 is 0 Å². The fourth-order valence-electron chi connectivity index (χ4n) is 3.64. The zero-order valence-corrected chi connectivity index (χ0v) is 18.5. The van der Waals surface area contributed by atoms with Gasteiger partial charge in [0.05, 0.1) is 5.56 Å². The summed E-state index contributed by atoms with van der Waals surface area (Å²) in [6.07, 6.45) is 0. The molecule has 2 aromatic heterocycles. The third kappa shape index (κ3) is 4.42. The van der Waals surface area contributed by atoms with Crippen LogP contribution in [-0.2, 0) is 13.2 Å². The first kappa shape index (κ1) is 20.6. The van der Waals surface area contributed by atoms with Crippen molar-refractivity contribution in [1.82, 2.24) is 15.0 Å². The first-order valence-electron chi connectivity index (χ1n) is 10.2. The lowest BCUT2D eigenvalue weighted by Crippen LogP contribution is -2.48. The van der Waals surface area contributed by atoms with Crippen LogP contribution in [0.1, 0.15) is 37.8 Å². The molecule has 1 aromatic carbocycles. The number of hydrogen-bond acceptors (Lipinski definition) is 6. The van der Waals surface area contributed by atoms with Gasteiger partial charge in [0, 0.05) is 37.6 Å². The largest absolute Gasteiger partial charge is 0.488 e. The highest BCUT2D eigenvalue weighted by Gasteiger charge is 2.28. The van der Waals surface area contributed by atoms with Crippen molar-refractivity contribution < 1.29 is 14.1 Å². The van der Waals surface area contributed by atoms with E-state index >= 15 is 0 Å². The van der Waals surface area contributed by atoms with Crippen LogP contribution in [0.2, 0.25) is 0 Å². The van der Waals surface area contributed by atoms with Gasteiger partial charge in [-0.1, -0.05) is 23.4 Å². The predicted molar refractivity (Wildman–Crippen MR) is 117 cm³/mol. The number of nitrogens with zero attached hydrogens (tertiary/aromatic N) is 3. The van der Waals surface area contributed by atoms with Crippen LogP contribution in [0.15, 0.2) is 40.2 Å². The monoisotopic (exact) mass is 425 g/mol. The molecule has 6 nitrogen and oxygen atoms in total. The van der Waals surface area contributed by atoms with Crippen LogP contribution in [0.5, 0.6) is 5.75 Å².